The first-order valence-corrected chi connectivity index (χ1v) is 7.65. The lowest BCUT2D eigenvalue weighted by Crippen LogP contribution is -2.22. The predicted molar refractivity (Wildman–Crippen MR) is 82.5 cm³/mol. The number of methoxy groups -OCH3 is 1. The molecule has 0 fully saturated rings. The quantitative estimate of drug-likeness (QED) is 0.874. The third-order valence-corrected chi connectivity index (χ3v) is 4.90. The number of hydrogen-bond donors (Lipinski definition) is 1. The van der Waals surface area contributed by atoms with Gasteiger partial charge in [0.2, 0.25) is 0 Å². The van der Waals surface area contributed by atoms with E-state index in [2.05, 4.69) is 5.32 Å². The van der Waals surface area contributed by atoms with Gasteiger partial charge in [0, 0.05) is 10.4 Å². The third kappa shape index (κ3) is 2.82. The van der Waals surface area contributed by atoms with Gasteiger partial charge in [0.15, 0.2) is 11.6 Å². The van der Waals surface area contributed by atoms with Gasteiger partial charge in [-0.1, -0.05) is 30.7 Å². The molecule has 1 aromatic carbocycles. The van der Waals surface area contributed by atoms with Crippen LogP contribution in [0.5, 0.6) is 5.75 Å². The van der Waals surface area contributed by atoms with Crippen molar-refractivity contribution in [3.8, 4) is 5.75 Å². The zero-order chi connectivity index (χ0) is 14.7. The Morgan fingerprint density at radius 1 is 1.45 bits per heavy atom. The summed E-state index contributed by atoms with van der Waals surface area (Å²) in [6.45, 7) is 4.65. The van der Waals surface area contributed by atoms with Crippen LogP contribution in [0.25, 0.3) is 0 Å². The Morgan fingerprint density at radius 2 is 2.20 bits per heavy atom. The highest BCUT2D eigenvalue weighted by Gasteiger charge is 2.23. The van der Waals surface area contributed by atoms with Crippen molar-refractivity contribution < 1.29 is 9.13 Å². The summed E-state index contributed by atoms with van der Waals surface area (Å²) in [4.78, 5) is 0.929. The Labute approximate surface area is 127 Å². The van der Waals surface area contributed by atoms with E-state index in [1.54, 1.807) is 18.2 Å². The summed E-state index contributed by atoms with van der Waals surface area (Å²) >= 11 is 7.87. The first kappa shape index (κ1) is 15.3. The molecule has 0 radical (unpaired) electrons. The van der Waals surface area contributed by atoms with E-state index in [1.807, 2.05) is 19.2 Å². The molecular weight excluding hydrogens is 297 g/mol. The highest BCUT2D eigenvalue weighted by molar-refractivity contribution is 7.10. The Balaban J connectivity index is 2.51. The monoisotopic (exact) mass is 313 g/mol. The molecular formula is C15H17ClFNOS. The van der Waals surface area contributed by atoms with Crippen LogP contribution in [0.4, 0.5) is 4.39 Å². The molecule has 2 rings (SSSR count). The molecule has 108 valence electrons. The number of nitrogens with one attached hydrogen (secondary N) is 1. The second-order valence-corrected chi connectivity index (χ2v) is 5.74. The van der Waals surface area contributed by atoms with Crippen molar-refractivity contribution >= 4 is 22.9 Å². The van der Waals surface area contributed by atoms with Gasteiger partial charge in [-0.05, 0) is 30.5 Å². The molecule has 2 nitrogen and oxygen atoms in total. The van der Waals surface area contributed by atoms with Gasteiger partial charge in [-0.3, -0.25) is 0 Å². The first-order valence-electron chi connectivity index (χ1n) is 6.39. The van der Waals surface area contributed by atoms with E-state index < -0.39 is 0 Å². The summed E-state index contributed by atoms with van der Waals surface area (Å²) in [5.74, 6) is -0.0992. The fraction of sp³-hybridized carbons (Fsp3) is 0.333. The molecule has 1 unspecified atom stereocenters. The summed E-state index contributed by atoms with van der Waals surface area (Å²) in [5, 5.41) is 5.98. The molecule has 20 heavy (non-hydrogen) atoms. The molecule has 1 aromatic heterocycles. The summed E-state index contributed by atoms with van der Waals surface area (Å²) in [6.07, 6.45) is 0. The number of benzene rings is 1. The zero-order valence-corrected chi connectivity index (χ0v) is 13.2. The lowest BCUT2D eigenvalue weighted by Gasteiger charge is -2.19. The summed E-state index contributed by atoms with van der Waals surface area (Å²) < 4.78 is 19.5. The highest BCUT2D eigenvalue weighted by atomic mass is 35.5. The SMILES string of the molecule is CCNC(c1cccc(OC)c1F)c1scc(C)c1Cl. The van der Waals surface area contributed by atoms with Gasteiger partial charge in [-0.2, -0.15) is 0 Å². The molecule has 5 heteroatoms. The lowest BCUT2D eigenvalue weighted by molar-refractivity contribution is 0.382. The van der Waals surface area contributed by atoms with Crippen molar-refractivity contribution in [2.24, 2.45) is 0 Å². The van der Waals surface area contributed by atoms with E-state index in [0.29, 0.717) is 17.1 Å². The Hall–Kier alpha value is -1.10. The number of rotatable bonds is 5. The average Bonchev–Trinajstić information content (AvgIpc) is 2.77. The maximum atomic E-state index is 14.5. The van der Waals surface area contributed by atoms with E-state index in [1.165, 1.54) is 18.4 Å². The largest absolute Gasteiger partial charge is 0.494 e. The van der Waals surface area contributed by atoms with Gasteiger partial charge < -0.3 is 10.1 Å². The number of ether oxygens (including phenoxy) is 1. The van der Waals surface area contributed by atoms with Crippen molar-refractivity contribution in [2.45, 2.75) is 19.9 Å². The van der Waals surface area contributed by atoms with Gasteiger partial charge in [0.05, 0.1) is 18.2 Å². The number of hydrogen-bond acceptors (Lipinski definition) is 3. The maximum Gasteiger partial charge on any atom is 0.170 e. The minimum Gasteiger partial charge on any atom is -0.494 e. The van der Waals surface area contributed by atoms with E-state index in [4.69, 9.17) is 16.3 Å². The molecule has 0 bridgehead atoms. The van der Waals surface area contributed by atoms with E-state index >= 15 is 0 Å². The maximum absolute atomic E-state index is 14.5. The van der Waals surface area contributed by atoms with Crippen LogP contribution in [0.15, 0.2) is 23.6 Å². The van der Waals surface area contributed by atoms with Crippen LogP contribution in [0.1, 0.15) is 29.0 Å². The zero-order valence-electron chi connectivity index (χ0n) is 11.7. The van der Waals surface area contributed by atoms with Crippen molar-refractivity contribution in [1.29, 1.82) is 0 Å². The second kappa shape index (κ2) is 6.57. The van der Waals surface area contributed by atoms with Crippen molar-refractivity contribution in [1.82, 2.24) is 5.32 Å². The van der Waals surface area contributed by atoms with Crippen LogP contribution in [-0.2, 0) is 0 Å². The van der Waals surface area contributed by atoms with Crippen molar-refractivity contribution in [2.75, 3.05) is 13.7 Å². The molecule has 0 saturated carbocycles. The normalized spacial score (nSPS) is 12.4. The molecule has 0 aliphatic carbocycles. The number of thiophene rings is 1. The Bertz CT molecular complexity index is 600. The number of halogens is 2. The summed E-state index contributed by atoms with van der Waals surface area (Å²) in [5.41, 5.74) is 1.56. The molecule has 1 atom stereocenters. The third-order valence-electron chi connectivity index (χ3n) is 3.12. The van der Waals surface area contributed by atoms with Crippen LogP contribution in [-0.4, -0.2) is 13.7 Å². The lowest BCUT2D eigenvalue weighted by atomic mass is 10.0. The van der Waals surface area contributed by atoms with Crippen LogP contribution < -0.4 is 10.1 Å². The van der Waals surface area contributed by atoms with Gasteiger partial charge in [-0.25, -0.2) is 4.39 Å². The fourth-order valence-corrected chi connectivity index (χ4v) is 3.50. The highest BCUT2D eigenvalue weighted by Crippen LogP contribution is 2.37. The van der Waals surface area contributed by atoms with E-state index in [9.17, 15) is 4.39 Å². The van der Waals surface area contributed by atoms with Gasteiger partial charge in [0.1, 0.15) is 0 Å². The molecule has 0 spiro atoms. The van der Waals surface area contributed by atoms with Crippen LogP contribution in [0, 0.1) is 12.7 Å². The van der Waals surface area contributed by atoms with Crippen LogP contribution in [0.3, 0.4) is 0 Å². The number of aryl methyl sites for hydroxylation is 1. The minimum absolute atomic E-state index is 0.245. The van der Waals surface area contributed by atoms with Crippen LogP contribution >= 0.6 is 22.9 Å². The summed E-state index contributed by atoms with van der Waals surface area (Å²) in [7, 11) is 1.46. The molecule has 0 aliphatic heterocycles. The van der Waals surface area contributed by atoms with Crippen LogP contribution in [0.2, 0.25) is 5.02 Å². The molecule has 2 aromatic rings. The standard InChI is InChI=1S/C15H17ClFNOS/c1-4-18-14(15-12(16)9(2)8-20-15)10-6-5-7-11(19-3)13(10)17/h5-8,14,18H,4H2,1-3H3. The Morgan fingerprint density at radius 3 is 2.75 bits per heavy atom. The fourth-order valence-electron chi connectivity index (χ4n) is 2.10. The minimum atomic E-state index is -0.344. The van der Waals surface area contributed by atoms with Gasteiger partial charge in [-0.15, -0.1) is 11.3 Å². The predicted octanol–water partition coefficient (Wildman–Crippen LogP) is 4.56. The molecule has 1 N–H and O–H groups in total. The van der Waals surface area contributed by atoms with Crippen molar-refractivity contribution in [3.05, 3.63) is 50.4 Å². The van der Waals surface area contributed by atoms with E-state index in [0.717, 1.165) is 10.4 Å². The van der Waals surface area contributed by atoms with Crippen molar-refractivity contribution in [3.63, 3.8) is 0 Å². The molecule has 0 amide bonds. The Kier molecular flexibility index (Phi) is 5.02. The van der Waals surface area contributed by atoms with Gasteiger partial charge >= 0.3 is 0 Å². The second-order valence-electron chi connectivity index (χ2n) is 4.45. The summed E-state index contributed by atoms with van der Waals surface area (Å²) in [6, 6.07) is 4.90. The van der Waals surface area contributed by atoms with Gasteiger partial charge in [0.25, 0.3) is 0 Å². The average molecular weight is 314 g/mol. The smallest absolute Gasteiger partial charge is 0.170 e. The topological polar surface area (TPSA) is 21.3 Å². The molecule has 0 aliphatic rings. The molecule has 0 saturated heterocycles. The molecule has 1 heterocycles. The van der Waals surface area contributed by atoms with E-state index in [-0.39, 0.29) is 17.6 Å². The first-order chi connectivity index (χ1) is 9.60.